The standard InChI is InChI=1S/C8H17NO4/c1-7(12-2)8(11)9-3-5-13-6-4-10/h7,10H,3-6H2,1-2H3,(H,9,11). The molecule has 0 aromatic rings. The first-order valence-corrected chi connectivity index (χ1v) is 4.21. The topological polar surface area (TPSA) is 67.8 Å². The first kappa shape index (κ1) is 12.3. The molecule has 0 saturated heterocycles. The van der Waals surface area contributed by atoms with E-state index in [9.17, 15) is 4.79 Å². The molecule has 0 spiro atoms. The van der Waals surface area contributed by atoms with Crippen LogP contribution in [0.4, 0.5) is 0 Å². The zero-order valence-electron chi connectivity index (χ0n) is 8.08. The van der Waals surface area contributed by atoms with Gasteiger partial charge in [-0.2, -0.15) is 0 Å². The van der Waals surface area contributed by atoms with E-state index in [0.29, 0.717) is 19.8 Å². The first-order chi connectivity index (χ1) is 6.22. The van der Waals surface area contributed by atoms with Gasteiger partial charge < -0.3 is 19.9 Å². The molecular formula is C8H17NO4. The molecule has 78 valence electrons. The number of methoxy groups -OCH3 is 1. The van der Waals surface area contributed by atoms with Crippen LogP contribution in [0, 0.1) is 0 Å². The molecule has 0 radical (unpaired) electrons. The predicted molar refractivity (Wildman–Crippen MR) is 47.4 cm³/mol. The molecule has 1 unspecified atom stereocenters. The molecule has 0 aliphatic rings. The fourth-order valence-electron chi connectivity index (χ4n) is 0.664. The fraction of sp³-hybridized carbons (Fsp3) is 0.875. The van der Waals surface area contributed by atoms with Crippen LogP contribution in [0.15, 0.2) is 0 Å². The van der Waals surface area contributed by atoms with Crippen LogP contribution in [0.3, 0.4) is 0 Å². The van der Waals surface area contributed by atoms with Crippen LogP contribution in [-0.4, -0.2) is 50.6 Å². The van der Waals surface area contributed by atoms with Gasteiger partial charge in [-0.3, -0.25) is 4.79 Å². The monoisotopic (exact) mass is 191 g/mol. The summed E-state index contributed by atoms with van der Waals surface area (Å²) in [7, 11) is 1.48. The molecule has 0 rings (SSSR count). The predicted octanol–water partition coefficient (Wildman–Crippen LogP) is -0.854. The van der Waals surface area contributed by atoms with Gasteiger partial charge in [-0.25, -0.2) is 0 Å². The van der Waals surface area contributed by atoms with Gasteiger partial charge in [0.15, 0.2) is 0 Å². The molecular weight excluding hydrogens is 174 g/mol. The zero-order chi connectivity index (χ0) is 10.1. The third-order valence-corrected chi connectivity index (χ3v) is 1.50. The highest BCUT2D eigenvalue weighted by Crippen LogP contribution is 1.85. The highest BCUT2D eigenvalue weighted by Gasteiger charge is 2.09. The highest BCUT2D eigenvalue weighted by atomic mass is 16.5. The van der Waals surface area contributed by atoms with Crippen molar-refractivity contribution in [3.63, 3.8) is 0 Å². The van der Waals surface area contributed by atoms with Gasteiger partial charge >= 0.3 is 0 Å². The number of amides is 1. The van der Waals surface area contributed by atoms with Gasteiger partial charge in [-0.15, -0.1) is 0 Å². The van der Waals surface area contributed by atoms with E-state index in [1.54, 1.807) is 6.92 Å². The summed E-state index contributed by atoms with van der Waals surface area (Å²) in [5.41, 5.74) is 0. The first-order valence-electron chi connectivity index (χ1n) is 4.21. The van der Waals surface area contributed by atoms with Crippen molar-refractivity contribution < 1.29 is 19.4 Å². The van der Waals surface area contributed by atoms with E-state index < -0.39 is 6.10 Å². The molecule has 0 heterocycles. The lowest BCUT2D eigenvalue weighted by molar-refractivity contribution is -0.130. The molecule has 13 heavy (non-hydrogen) atoms. The average Bonchev–Trinajstić information content (AvgIpc) is 2.16. The maximum absolute atomic E-state index is 11.1. The largest absolute Gasteiger partial charge is 0.394 e. The molecule has 0 aromatic carbocycles. The Morgan fingerprint density at radius 2 is 2.23 bits per heavy atom. The summed E-state index contributed by atoms with van der Waals surface area (Å²) in [4.78, 5) is 11.1. The van der Waals surface area contributed by atoms with Crippen molar-refractivity contribution >= 4 is 5.91 Å². The lowest BCUT2D eigenvalue weighted by atomic mass is 10.4. The van der Waals surface area contributed by atoms with Crippen LogP contribution in [-0.2, 0) is 14.3 Å². The van der Waals surface area contributed by atoms with Crippen LogP contribution in [0.2, 0.25) is 0 Å². The molecule has 0 aliphatic heterocycles. The lowest BCUT2D eigenvalue weighted by Gasteiger charge is -2.09. The smallest absolute Gasteiger partial charge is 0.248 e. The summed E-state index contributed by atoms with van der Waals surface area (Å²) < 4.78 is 9.74. The Hall–Kier alpha value is -0.650. The van der Waals surface area contributed by atoms with Crippen LogP contribution >= 0.6 is 0 Å². The Morgan fingerprint density at radius 1 is 1.54 bits per heavy atom. The van der Waals surface area contributed by atoms with Crippen molar-refractivity contribution in [2.75, 3.05) is 33.5 Å². The van der Waals surface area contributed by atoms with Gasteiger partial charge in [0.05, 0.1) is 19.8 Å². The van der Waals surface area contributed by atoms with Crippen LogP contribution in [0.5, 0.6) is 0 Å². The average molecular weight is 191 g/mol. The Balaban J connectivity index is 3.27. The summed E-state index contributed by atoms with van der Waals surface area (Å²) >= 11 is 0. The van der Waals surface area contributed by atoms with Crippen LogP contribution in [0.25, 0.3) is 0 Å². The molecule has 0 bridgehead atoms. The second-order valence-electron chi connectivity index (χ2n) is 2.50. The minimum atomic E-state index is -0.433. The number of carbonyl (C=O) groups excluding carboxylic acids is 1. The highest BCUT2D eigenvalue weighted by molar-refractivity contribution is 5.80. The maximum atomic E-state index is 11.1. The van der Waals surface area contributed by atoms with Gasteiger partial charge in [0, 0.05) is 13.7 Å². The van der Waals surface area contributed by atoms with Gasteiger partial charge in [0.2, 0.25) is 5.91 Å². The van der Waals surface area contributed by atoms with Gasteiger partial charge in [-0.1, -0.05) is 0 Å². The zero-order valence-corrected chi connectivity index (χ0v) is 8.08. The van der Waals surface area contributed by atoms with Gasteiger partial charge in [0.1, 0.15) is 6.10 Å². The van der Waals surface area contributed by atoms with Gasteiger partial charge in [0.25, 0.3) is 0 Å². The number of hydrogen-bond donors (Lipinski definition) is 2. The molecule has 0 aromatic heterocycles. The maximum Gasteiger partial charge on any atom is 0.248 e. The Bertz CT molecular complexity index is 140. The SMILES string of the molecule is COC(C)C(=O)NCCOCCO. The van der Waals surface area contributed by atoms with E-state index in [4.69, 9.17) is 14.6 Å². The summed E-state index contributed by atoms with van der Waals surface area (Å²) in [6.45, 7) is 2.82. The van der Waals surface area contributed by atoms with E-state index in [-0.39, 0.29) is 12.5 Å². The summed E-state index contributed by atoms with van der Waals surface area (Å²) in [6, 6.07) is 0. The van der Waals surface area contributed by atoms with E-state index in [0.717, 1.165) is 0 Å². The second-order valence-corrected chi connectivity index (χ2v) is 2.50. The van der Waals surface area contributed by atoms with Crippen molar-refractivity contribution in [1.82, 2.24) is 5.32 Å². The van der Waals surface area contributed by atoms with E-state index >= 15 is 0 Å². The number of rotatable bonds is 7. The Labute approximate surface area is 78.0 Å². The number of carbonyl (C=O) groups is 1. The van der Waals surface area contributed by atoms with Crippen LogP contribution in [0.1, 0.15) is 6.92 Å². The molecule has 1 atom stereocenters. The van der Waals surface area contributed by atoms with E-state index in [2.05, 4.69) is 5.32 Å². The van der Waals surface area contributed by atoms with Crippen LogP contribution < -0.4 is 5.32 Å². The van der Waals surface area contributed by atoms with Gasteiger partial charge in [-0.05, 0) is 6.92 Å². The van der Waals surface area contributed by atoms with Crippen molar-refractivity contribution in [2.45, 2.75) is 13.0 Å². The Morgan fingerprint density at radius 3 is 2.77 bits per heavy atom. The van der Waals surface area contributed by atoms with E-state index in [1.165, 1.54) is 7.11 Å². The fourth-order valence-corrected chi connectivity index (χ4v) is 0.664. The summed E-state index contributed by atoms with van der Waals surface area (Å²) in [5, 5.41) is 11.0. The molecule has 1 amide bonds. The number of aliphatic hydroxyl groups is 1. The molecule has 2 N–H and O–H groups in total. The second kappa shape index (κ2) is 7.97. The summed E-state index contributed by atoms with van der Waals surface area (Å²) in [6.07, 6.45) is -0.433. The Kier molecular flexibility index (Phi) is 7.57. The van der Waals surface area contributed by atoms with Crippen molar-refractivity contribution in [3.8, 4) is 0 Å². The normalized spacial score (nSPS) is 12.5. The van der Waals surface area contributed by atoms with Crippen molar-refractivity contribution in [1.29, 1.82) is 0 Å². The van der Waals surface area contributed by atoms with Crippen molar-refractivity contribution in [2.24, 2.45) is 0 Å². The summed E-state index contributed by atoms with van der Waals surface area (Å²) in [5.74, 6) is -0.157. The third kappa shape index (κ3) is 6.51. The van der Waals surface area contributed by atoms with E-state index in [1.807, 2.05) is 0 Å². The number of hydrogen-bond acceptors (Lipinski definition) is 4. The quantitative estimate of drug-likeness (QED) is 0.514. The third-order valence-electron chi connectivity index (χ3n) is 1.50. The lowest BCUT2D eigenvalue weighted by Crippen LogP contribution is -2.35. The minimum Gasteiger partial charge on any atom is -0.394 e. The molecule has 5 heteroatoms. The molecule has 0 fully saturated rings. The number of nitrogens with one attached hydrogen (secondary N) is 1. The molecule has 5 nitrogen and oxygen atoms in total. The minimum absolute atomic E-state index is 0.00240. The number of ether oxygens (including phenoxy) is 2. The molecule has 0 saturated carbocycles. The molecule has 0 aliphatic carbocycles. The number of aliphatic hydroxyl groups excluding tert-OH is 1. The van der Waals surface area contributed by atoms with Crippen molar-refractivity contribution in [3.05, 3.63) is 0 Å².